The molecule has 4 saturated carbocycles. The number of nitrogens with two attached hydrogens (primary N) is 1. The van der Waals surface area contributed by atoms with E-state index in [1.807, 2.05) is 0 Å². The van der Waals surface area contributed by atoms with E-state index in [-0.39, 0.29) is 24.4 Å². The first-order valence-corrected chi connectivity index (χ1v) is 11.0. The number of rotatable bonds is 4. The fourth-order valence-corrected chi connectivity index (χ4v) is 7.46. The van der Waals surface area contributed by atoms with Gasteiger partial charge in [-0.3, -0.25) is 4.79 Å². The fourth-order valence-electron chi connectivity index (χ4n) is 7.46. The van der Waals surface area contributed by atoms with Crippen LogP contribution in [0.4, 0.5) is 0 Å². The Morgan fingerprint density at radius 2 is 2.00 bits per heavy atom. The van der Waals surface area contributed by atoms with Gasteiger partial charge in [0.25, 0.3) is 0 Å². The number of aliphatic hydroxyl groups is 1. The first kappa shape index (κ1) is 22.0. The summed E-state index contributed by atoms with van der Waals surface area (Å²) in [7, 11) is 0. The monoisotopic (exact) mass is 412 g/mol. The third-order valence-corrected chi connectivity index (χ3v) is 9.02. The second-order valence-corrected chi connectivity index (χ2v) is 10.1. The Morgan fingerprint density at radius 3 is 2.71 bits per heavy atom. The van der Waals surface area contributed by atoms with Crippen LogP contribution in [-0.2, 0) is 9.63 Å². The molecule has 0 spiro atoms. The van der Waals surface area contributed by atoms with Gasteiger partial charge in [-0.15, -0.1) is 12.4 Å². The number of nitrogens with zero attached hydrogens (tertiary/aromatic N) is 1. The number of halogens is 1. The highest BCUT2D eigenvalue weighted by Crippen LogP contribution is 2.66. The van der Waals surface area contributed by atoms with Crippen LogP contribution in [0.2, 0.25) is 0 Å². The van der Waals surface area contributed by atoms with Crippen molar-refractivity contribution in [3.63, 3.8) is 0 Å². The molecule has 0 bridgehead atoms. The Hall–Kier alpha value is -0.650. The maximum atomic E-state index is 12.6. The number of fused-ring (bicyclic) bond motifs is 5. The van der Waals surface area contributed by atoms with Crippen LogP contribution in [0.1, 0.15) is 65.2 Å². The van der Waals surface area contributed by atoms with E-state index in [2.05, 4.69) is 19.0 Å². The van der Waals surface area contributed by atoms with Gasteiger partial charge in [0.1, 0.15) is 12.4 Å². The summed E-state index contributed by atoms with van der Waals surface area (Å²) in [4.78, 5) is 18.0. The third-order valence-electron chi connectivity index (χ3n) is 9.02. The van der Waals surface area contributed by atoms with Gasteiger partial charge in [0, 0.05) is 25.0 Å². The number of oxime groups is 1. The topological polar surface area (TPSA) is 84.9 Å². The Labute approximate surface area is 175 Å². The van der Waals surface area contributed by atoms with Gasteiger partial charge in [-0.25, -0.2) is 0 Å². The quantitative estimate of drug-likeness (QED) is 0.546. The number of Topliss-reactive ketones (excluding diaryl/α,β-unsaturated/α-hetero) is 1. The van der Waals surface area contributed by atoms with Crippen LogP contribution in [0.25, 0.3) is 0 Å². The maximum absolute atomic E-state index is 12.6. The average Bonchev–Trinajstić information content (AvgIpc) is 2.96. The standard InChI is InChI=1S/C22H36N2O3.ClH/c1-21-7-5-16(24-27-10-9-23)12-15(21)11-14(13-25)20-17-3-4-19(26)22(17,2)8-6-18(20)21;/h14-15,17-18,20,25H,3-13,23H2,1-2H3;1H/t14-,15?,17-,18-,20-,21-,22-;/m0./s1. The minimum absolute atomic E-state index is 0. The predicted octanol–water partition coefficient (Wildman–Crippen LogP) is 3.57. The lowest BCUT2D eigenvalue weighted by atomic mass is 9.43. The van der Waals surface area contributed by atoms with Crippen LogP contribution in [0, 0.1) is 40.4 Å². The minimum Gasteiger partial charge on any atom is -0.396 e. The third kappa shape index (κ3) is 3.31. The van der Waals surface area contributed by atoms with Gasteiger partial charge in [-0.1, -0.05) is 19.0 Å². The molecule has 4 rings (SSSR count). The molecule has 0 aromatic carbocycles. The molecule has 6 heteroatoms. The summed E-state index contributed by atoms with van der Waals surface area (Å²) in [6, 6.07) is 0. The zero-order valence-corrected chi connectivity index (χ0v) is 18.2. The van der Waals surface area contributed by atoms with Gasteiger partial charge in [-0.2, -0.15) is 0 Å². The smallest absolute Gasteiger partial charge is 0.139 e. The number of aliphatic hydroxyl groups excluding tert-OH is 1. The average molecular weight is 413 g/mol. The van der Waals surface area contributed by atoms with Gasteiger partial charge in [0.05, 0.1) is 5.71 Å². The molecule has 5 nitrogen and oxygen atoms in total. The normalized spacial score (nSPS) is 46.4. The summed E-state index contributed by atoms with van der Waals surface area (Å²) in [5.74, 6) is 2.98. The molecule has 0 amide bonds. The molecule has 160 valence electrons. The van der Waals surface area contributed by atoms with Crippen LogP contribution in [0.3, 0.4) is 0 Å². The fraction of sp³-hybridized carbons (Fsp3) is 0.909. The molecule has 0 radical (unpaired) electrons. The number of ketones is 1. The van der Waals surface area contributed by atoms with Crippen molar-refractivity contribution in [3.8, 4) is 0 Å². The highest BCUT2D eigenvalue weighted by atomic mass is 35.5. The minimum atomic E-state index is -0.130. The summed E-state index contributed by atoms with van der Waals surface area (Å²) < 4.78 is 0. The summed E-state index contributed by atoms with van der Waals surface area (Å²) in [5, 5.41) is 14.6. The Balaban J connectivity index is 0.00000225. The molecular formula is C22H37ClN2O3. The molecule has 0 saturated heterocycles. The number of hydrogen-bond acceptors (Lipinski definition) is 5. The Kier molecular flexibility index (Phi) is 6.48. The highest BCUT2D eigenvalue weighted by molar-refractivity contribution is 5.87. The van der Waals surface area contributed by atoms with Crippen molar-refractivity contribution >= 4 is 23.9 Å². The van der Waals surface area contributed by atoms with E-state index >= 15 is 0 Å². The Morgan fingerprint density at radius 1 is 1.21 bits per heavy atom. The van der Waals surface area contributed by atoms with Gasteiger partial charge in [-0.05, 0) is 80.0 Å². The van der Waals surface area contributed by atoms with Crippen molar-refractivity contribution in [3.05, 3.63) is 0 Å². The molecule has 0 heterocycles. The highest BCUT2D eigenvalue weighted by Gasteiger charge is 2.62. The summed E-state index contributed by atoms with van der Waals surface area (Å²) in [5.41, 5.74) is 6.83. The second-order valence-electron chi connectivity index (χ2n) is 10.1. The largest absolute Gasteiger partial charge is 0.396 e. The zero-order chi connectivity index (χ0) is 19.2. The van der Waals surface area contributed by atoms with E-state index in [1.54, 1.807) is 0 Å². The number of carbonyl (C=O) groups is 1. The molecule has 0 aromatic heterocycles. The first-order chi connectivity index (χ1) is 12.9. The first-order valence-electron chi connectivity index (χ1n) is 11.0. The molecular weight excluding hydrogens is 376 g/mol. The maximum Gasteiger partial charge on any atom is 0.139 e. The van der Waals surface area contributed by atoms with Crippen molar-refractivity contribution in [2.45, 2.75) is 65.2 Å². The van der Waals surface area contributed by atoms with Crippen molar-refractivity contribution in [2.75, 3.05) is 19.8 Å². The van der Waals surface area contributed by atoms with E-state index in [1.165, 1.54) is 0 Å². The molecule has 0 aromatic rings. The lowest BCUT2D eigenvalue weighted by Gasteiger charge is -2.61. The second kappa shape index (κ2) is 8.23. The van der Waals surface area contributed by atoms with Gasteiger partial charge < -0.3 is 15.7 Å². The van der Waals surface area contributed by atoms with Crippen LogP contribution < -0.4 is 5.73 Å². The van der Waals surface area contributed by atoms with Gasteiger partial charge in [0.15, 0.2) is 0 Å². The summed E-state index contributed by atoms with van der Waals surface area (Å²) in [6.07, 6.45) is 8.17. The van der Waals surface area contributed by atoms with Crippen molar-refractivity contribution in [2.24, 2.45) is 51.3 Å². The van der Waals surface area contributed by atoms with E-state index in [0.717, 1.165) is 57.1 Å². The van der Waals surface area contributed by atoms with E-state index < -0.39 is 0 Å². The SMILES string of the molecule is C[C@]12CCC(=NOCCN)CC1C[C@@H](CO)[C@@H]1[C@@H]2CC[C@]2(C)C(=O)CC[C@@H]12.Cl. The van der Waals surface area contributed by atoms with Crippen molar-refractivity contribution < 1.29 is 14.7 Å². The summed E-state index contributed by atoms with van der Waals surface area (Å²) >= 11 is 0. The molecule has 1 unspecified atom stereocenters. The van der Waals surface area contributed by atoms with Crippen LogP contribution in [0.15, 0.2) is 5.16 Å². The predicted molar refractivity (Wildman–Crippen MR) is 112 cm³/mol. The molecule has 7 atom stereocenters. The summed E-state index contributed by atoms with van der Waals surface area (Å²) in [6.45, 7) is 5.92. The van der Waals surface area contributed by atoms with Crippen LogP contribution >= 0.6 is 12.4 Å². The molecule has 3 N–H and O–H groups in total. The van der Waals surface area contributed by atoms with Gasteiger partial charge in [0.2, 0.25) is 0 Å². The van der Waals surface area contributed by atoms with E-state index in [0.29, 0.717) is 53.9 Å². The Bertz CT molecular complexity index is 627. The van der Waals surface area contributed by atoms with Crippen molar-refractivity contribution in [1.29, 1.82) is 0 Å². The molecule has 0 aliphatic heterocycles. The zero-order valence-electron chi connectivity index (χ0n) is 17.4. The molecule has 4 aliphatic carbocycles. The lowest BCUT2D eigenvalue weighted by Crippen LogP contribution is -2.57. The van der Waals surface area contributed by atoms with E-state index in [4.69, 9.17) is 10.6 Å². The number of carbonyl (C=O) groups excluding carboxylic acids is 1. The van der Waals surface area contributed by atoms with Crippen molar-refractivity contribution in [1.82, 2.24) is 0 Å². The number of hydrogen-bond donors (Lipinski definition) is 2. The van der Waals surface area contributed by atoms with Crippen LogP contribution in [0.5, 0.6) is 0 Å². The van der Waals surface area contributed by atoms with Gasteiger partial charge >= 0.3 is 0 Å². The lowest BCUT2D eigenvalue weighted by molar-refractivity contribution is -0.148. The molecule has 4 fully saturated rings. The van der Waals surface area contributed by atoms with E-state index in [9.17, 15) is 9.90 Å². The van der Waals surface area contributed by atoms with Crippen LogP contribution in [-0.4, -0.2) is 36.4 Å². The molecule has 4 aliphatic rings. The molecule has 28 heavy (non-hydrogen) atoms.